The molecule has 1 aromatic carbocycles. The highest BCUT2D eigenvalue weighted by atomic mass is 16.5. The number of urea groups is 1. The number of primary amides is 1. The fourth-order valence-electron chi connectivity index (χ4n) is 3.39. The van der Waals surface area contributed by atoms with Gasteiger partial charge in [0.25, 0.3) is 0 Å². The molecule has 2 N–H and O–H groups in total. The van der Waals surface area contributed by atoms with Gasteiger partial charge in [-0.1, -0.05) is 25.1 Å². The van der Waals surface area contributed by atoms with Gasteiger partial charge in [0.05, 0.1) is 6.04 Å². The number of carbonyl (C=O) groups excluding carboxylic acids is 2. The number of carbonyl (C=O) groups is 2. The van der Waals surface area contributed by atoms with Gasteiger partial charge < -0.3 is 19.9 Å². The average Bonchev–Trinajstić information content (AvgIpc) is 3.18. The topological polar surface area (TPSA) is 77.6 Å². The van der Waals surface area contributed by atoms with E-state index >= 15 is 0 Å². The molecule has 6 heteroatoms. The molecule has 1 saturated heterocycles. The molecule has 24 heavy (non-hydrogen) atoms. The summed E-state index contributed by atoms with van der Waals surface area (Å²) in [7, 11) is 0. The molecular formula is C18H23N3O3. The molecule has 1 fully saturated rings. The van der Waals surface area contributed by atoms with E-state index in [1.54, 1.807) is 4.90 Å². The second-order valence-corrected chi connectivity index (χ2v) is 6.17. The number of aromatic nitrogens is 1. The van der Waals surface area contributed by atoms with Crippen molar-refractivity contribution in [2.75, 3.05) is 13.2 Å². The first-order chi connectivity index (χ1) is 11.6. The Morgan fingerprint density at radius 3 is 2.88 bits per heavy atom. The third kappa shape index (κ3) is 3.09. The average molecular weight is 329 g/mol. The first-order valence-corrected chi connectivity index (χ1v) is 8.43. The molecule has 0 saturated carbocycles. The van der Waals surface area contributed by atoms with Crippen molar-refractivity contribution in [2.45, 2.75) is 38.8 Å². The van der Waals surface area contributed by atoms with Crippen molar-refractivity contribution in [3.63, 3.8) is 0 Å². The Morgan fingerprint density at radius 1 is 1.33 bits per heavy atom. The predicted octanol–water partition coefficient (Wildman–Crippen LogP) is 2.75. The Labute approximate surface area is 141 Å². The summed E-state index contributed by atoms with van der Waals surface area (Å²) in [4.78, 5) is 25.5. The summed E-state index contributed by atoms with van der Waals surface area (Å²) in [6, 6.07) is 9.22. The number of hydrogen-bond donors (Lipinski definition) is 1. The molecule has 1 aromatic heterocycles. The molecule has 1 aliphatic heterocycles. The fourth-order valence-corrected chi connectivity index (χ4v) is 3.39. The number of nitrogens with two attached hydrogens (primary N) is 1. The van der Waals surface area contributed by atoms with Crippen LogP contribution in [0.25, 0.3) is 10.9 Å². The summed E-state index contributed by atoms with van der Waals surface area (Å²) in [5, 5.41) is 1.03. The number of aryl methyl sites for hydroxylation is 1. The lowest BCUT2D eigenvalue weighted by atomic mass is 10.2. The van der Waals surface area contributed by atoms with E-state index in [0.29, 0.717) is 12.2 Å². The molecule has 1 aliphatic rings. The minimum absolute atomic E-state index is 0.115. The van der Waals surface area contributed by atoms with Crippen LogP contribution in [0.4, 0.5) is 4.79 Å². The second-order valence-electron chi connectivity index (χ2n) is 6.17. The van der Waals surface area contributed by atoms with E-state index in [-0.39, 0.29) is 18.6 Å². The molecule has 0 radical (unpaired) electrons. The predicted molar refractivity (Wildman–Crippen MR) is 91.8 cm³/mol. The number of benzene rings is 1. The van der Waals surface area contributed by atoms with E-state index in [0.717, 1.165) is 36.7 Å². The lowest BCUT2D eigenvalue weighted by Crippen LogP contribution is -2.42. The quantitative estimate of drug-likeness (QED) is 0.857. The molecule has 0 aliphatic carbocycles. The zero-order valence-electron chi connectivity index (χ0n) is 13.9. The van der Waals surface area contributed by atoms with Crippen LogP contribution >= 0.6 is 0 Å². The van der Waals surface area contributed by atoms with Crippen LogP contribution < -0.4 is 5.73 Å². The number of rotatable bonds is 5. The minimum Gasteiger partial charge on any atom is -0.459 e. The number of nitrogens with zero attached hydrogens (tertiary/aromatic N) is 2. The molecule has 2 aromatic rings. The van der Waals surface area contributed by atoms with Crippen molar-refractivity contribution in [3.05, 3.63) is 36.0 Å². The monoisotopic (exact) mass is 329 g/mol. The number of likely N-dealkylation sites (tertiary alicyclic amines) is 1. The molecule has 6 nitrogen and oxygen atoms in total. The van der Waals surface area contributed by atoms with Crippen LogP contribution in [0.3, 0.4) is 0 Å². The highest BCUT2D eigenvalue weighted by Crippen LogP contribution is 2.22. The van der Waals surface area contributed by atoms with Gasteiger partial charge in [-0.2, -0.15) is 0 Å². The van der Waals surface area contributed by atoms with Crippen molar-refractivity contribution in [1.82, 2.24) is 9.47 Å². The van der Waals surface area contributed by atoms with Crippen molar-refractivity contribution in [2.24, 2.45) is 5.73 Å². The van der Waals surface area contributed by atoms with E-state index in [4.69, 9.17) is 10.5 Å². The number of amides is 2. The van der Waals surface area contributed by atoms with E-state index in [2.05, 4.69) is 6.92 Å². The van der Waals surface area contributed by atoms with Gasteiger partial charge >= 0.3 is 12.0 Å². The first kappa shape index (κ1) is 16.4. The zero-order chi connectivity index (χ0) is 17.1. The maximum atomic E-state index is 12.6. The number of esters is 1. The molecule has 0 bridgehead atoms. The fraction of sp³-hybridized carbons (Fsp3) is 0.444. The third-order valence-corrected chi connectivity index (χ3v) is 4.53. The summed E-state index contributed by atoms with van der Waals surface area (Å²) >= 11 is 0. The number of fused-ring (bicyclic) bond motifs is 1. The Balaban J connectivity index is 1.76. The van der Waals surface area contributed by atoms with Crippen LogP contribution in [-0.2, 0) is 11.3 Å². The number of hydrogen-bond acceptors (Lipinski definition) is 3. The van der Waals surface area contributed by atoms with E-state index < -0.39 is 6.03 Å². The van der Waals surface area contributed by atoms with Gasteiger partial charge in [-0.15, -0.1) is 0 Å². The molecule has 0 spiro atoms. The van der Waals surface area contributed by atoms with Gasteiger partial charge in [0.15, 0.2) is 0 Å². The molecule has 2 heterocycles. The highest BCUT2D eigenvalue weighted by Gasteiger charge is 2.29. The van der Waals surface area contributed by atoms with Gasteiger partial charge in [-0.25, -0.2) is 9.59 Å². The summed E-state index contributed by atoms with van der Waals surface area (Å²) in [5.74, 6) is -0.351. The van der Waals surface area contributed by atoms with Gasteiger partial charge in [0.2, 0.25) is 0 Å². The Morgan fingerprint density at radius 2 is 2.12 bits per heavy atom. The summed E-state index contributed by atoms with van der Waals surface area (Å²) in [5.41, 5.74) is 6.95. The standard InChI is InChI=1S/C18H23N3O3/c1-2-9-21-15-8-4-3-6-13(15)11-16(21)17(22)24-12-14-7-5-10-20(14)18(19)23/h3-4,6,8,11,14H,2,5,7,9-10,12H2,1H3,(H2,19,23)/t14-/m1/s1. The third-order valence-electron chi connectivity index (χ3n) is 4.53. The molecular weight excluding hydrogens is 306 g/mol. The van der Waals surface area contributed by atoms with E-state index in [1.165, 1.54) is 0 Å². The van der Waals surface area contributed by atoms with Crippen LogP contribution in [0, 0.1) is 0 Å². The van der Waals surface area contributed by atoms with Crippen molar-refractivity contribution < 1.29 is 14.3 Å². The highest BCUT2D eigenvalue weighted by molar-refractivity contribution is 5.95. The molecule has 2 amide bonds. The Kier molecular flexibility index (Phi) is 4.74. The summed E-state index contributed by atoms with van der Waals surface area (Å²) in [6.07, 6.45) is 2.63. The maximum absolute atomic E-state index is 12.6. The zero-order valence-corrected chi connectivity index (χ0v) is 13.9. The Hall–Kier alpha value is -2.50. The lowest BCUT2D eigenvalue weighted by molar-refractivity contribution is 0.0410. The summed E-state index contributed by atoms with van der Waals surface area (Å²) in [6.45, 7) is 3.66. The lowest BCUT2D eigenvalue weighted by Gasteiger charge is -2.22. The first-order valence-electron chi connectivity index (χ1n) is 8.43. The van der Waals surface area contributed by atoms with Gasteiger partial charge in [-0.05, 0) is 31.4 Å². The smallest absolute Gasteiger partial charge is 0.355 e. The van der Waals surface area contributed by atoms with E-state index in [1.807, 2.05) is 34.9 Å². The second kappa shape index (κ2) is 6.95. The SMILES string of the molecule is CCCn1c(C(=O)OC[C@H]2CCCN2C(N)=O)cc2ccccc21. The van der Waals surface area contributed by atoms with Crippen molar-refractivity contribution in [1.29, 1.82) is 0 Å². The normalized spacial score (nSPS) is 17.4. The summed E-state index contributed by atoms with van der Waals surface area (Å²) < 4.78 is 7.50. The van der Waals surface area contributed by atoms with Gasteiger partial charge in [-0.3, -0.25) is 0 Å². The number of para-hydroxylation sites is 1. The minimum atomic E-state index is -0.450. The molecule has 0 unspecified atom stereocenters. The molecule has 1 atom stereocenters. The van der Waals surface area contributed by atoms with Crippen LogP contribution in [-0.4, -0.2) is 40.7 Å². The largest absolute Gasteiger partial charge is 0.459 e. The molecule has 3 rings (SSSR count). The van der Waals surface area contributed by atoms with Crippen molar-refractivity contribution in [3.8, 4) is 0 Å². The van der Waals surface area contributed by atoms with Gasteiger partial charge in [0, 0.05) is 24.0 Å². The maximum Gasteiger partial charge on any atom is 0.355 e. The number of ether oxygens (including phenoxy) is 1. The van der Waals surface area contributed by atoms with Crippen LogP contribution in [0.2, 0.25) is 0 Å². The van der Waals surface area contributed by atoms with Crippen LogP contribution in [0.5, 0.6) is 0 Å². The van der Waals surface area contributed by atoms with Crippen LogP contribution in [0.15, 0.2) is 30.3 Å². The van der Waals surface area contributed by atoms with E-state index in [9.17, 15) is 9.59 Å². The Bertz CT molecular complexity index is 753. The van der Waals surface area contributed by atoms with Crippen LogP contribution in [0.1, 0.15) is 36.7 Å². The molecule has 128 valence electrons. The van der Waals surface area contributed by atoms with Crippen molar-refractivity contribution >= 4 is 22.9 Å². The van der Waals surface area contributed by atoms with Gasteiger partial charge in [0.1, 0.15) is 12.3 Å².